The van der Waals surface area contributed by atoms with Crippen molar-refractivity contribution in [3.05, 3.63) is 65.2 Å². The summed E-state index contributed by atoms with van der Waals surface area (Å²) >= 11 is 0. The molecule has 0 aliphatic heterocycles. The van der Waals surface area contributed by atoms with E-state index in [0.717, 1.165) is 29.7 Å². The van der Waals surface area contributed by atoms with Gasteiger partial charge >= 0.3 is 0 Å². The first kappa shape index (κ1) is 19.7. The molecule has 0 aliphatic carbocycles. The highest BCUT2D eigenvalue weighted by molar-refractivity contribution is 5.92. The highest BCUT2D eigenvalue weighted by Crippen LogP contribution is 2.19. The van der Waals surface area contributed by atoms with Crippen molar-refractivity contribution < 1.29 is 9.59 Å². The molecule has 2 aromatic carbocycles. The van der Waals surface area contributed by atoms with Crippen molar-refractivity contribution >= 4 is 17.5 Å². The Kier molecular flexibility index (Phi) is 7.39. The van der Waals surface area contributed by atoms with E-state index in [1.807, 2.05) is 44.2 Å². The summed E-state index contributed by atoms with van der Waals surface area (Å²) in [6, 6.07) is 16.3. The average molecular weight is 352 g/mol. The molecule has 0 fully saturated rings. The van der Waals surface area contributed by atoms with E-state index in [2.05, 4.69) is 23.5 Å². The predicted octanol–water partition coefficient (Wildman–Crippen LogP) is 3.80. The van der Waals surface area contributed by atoms with Crippen LogP contribution in [0.15, 0.2) is 48.5 Å². The van der Waals surface area contributed by atoms with Crippen LogP contribution in [0.2, 0.25) is 0 Å². The molecule has 1 N–H and O–H groups in total. The number of hydrogen-bond donors (Lipinski definition) is 1. The van der Waals surface area contributed by atoms with Crippen molar-refractivity contribution in [1.29, 1.82) is 0 Å². The quantitative estimate of drug-likeness (QED) is 0.735. The Balaban J connectivity index is 1.79. The third-order valence-corrected chi connectivity index (χ3v) is 4.27. The molecule has 2 amide bonds. The third kappa shape index (κ3) is 6.36. The Labute approximate surface area is 156 Å². The molecule has 0 radical (unpaired) electrons. The molecule has 0 saturated heterocycles. The van der Waals surface area contributed by atoms with Crippen LogP contribution in [0.4, 0.5) is 5.69 Å². The lowest BCUT2D eigenvalue weighted by atomic mass is 10.1. The Hall–Kier alpha value is -2.62. The van der Waals surface area contributed by atoms with Gasteiger partial charge in [0.2, 0.25) is 11.8 Å². The van der Waals surface area contributed by atoms with Crippen molar-refractivity contribution in [2.24, 2.45) is 0 Å². The highest BCUT2D eigenvalue weighted by atomic mass is 16.2. The molecular weight excluding hydrogens is 324 g/mol. The summed E-state index contributed by atoms with van der Waals surface area (Å²) < 4.78 is 0. The number of nitrogens with zero attached hydrogens (tertiary/aromatic N) is 1. The highest BCUT2D eigenvalue weighted by Gasteiger charge is 2.14. The van der Waals surface area contributed by atoms with Crippen molar-refractivity contribution in [1.82, 2.24) is 5.32 Å². The van der Waals surface area contributed by atoms with E-state index in [4.69, 9.17) is 0 Å². The fourth-order valence-electron chi connectivity index (χ4n) is 3.04. The summed E-state index contributed by atoms with van der Waals surface area (Å²) in [6.45, 7) is 6.60. The number of benzene rings is 2. The minimum atomic E-state index is -0.0492. The molecule has 138 valence electrons. The topological polar surface area (TPSA) is 49.4 Å². The van der Waals surface area contributed by atoms with Crippen LogP contribution in [0.5, 0.6) is 0 Å². The van der Waals surface area contributed by atoms with Crippen molar-refractivity contribution in [3.8, 4) is 0 Å². The monoisotopic (exact) mass is 352 g/mol. The Morgan fingerprint density at radius 2 is 1.65 bits per heavy atom. The standard InChI is InChI=1S/C22H28N2O2/c1-17-14-18(2)16-21(15-17)24(19(3)25)13-11-22(26)23-12-7-10-20-8-5-4-6-9-20/h4-6,8-9,14-16H,7,10-13H2,1-3H3,(H,23,26). The van der Waals surface area contributed by atoms with E-state index in [1.54, 1.807) is 4.90 Å². The smallest absolute Gasteiger partial charge is 0.223 e. The zero-order chi connectivity index (χ0) is 18.9. The first-order valence-corrected chi connectivity index (χ1v) is 9.13. The van der Waals surface area contributed by atoms with E-state index in [-0.39, 0.29) is 11.8 Å². The van der Waals surface area contributed by atoms with E-state index in [0.29, 0.717) is 19.5 Å². The maximum atomic E-state index is 12.1. The molecule has 0 bridgehead atoms. The lowest BCUT2D eigenvalue weighted by Gasteiger charge is -2.22. The van der Waals surface area contributed by atoms with Gasteiger partial charge in [0.1, 0.15) is 0 Å². The number of amides is 2. The van der Waals surface area contributed by atoms with Crippen molar-refractivity contribution in [3.63, 3.8) is 0 Å². The van der Waals surface area contributed by atoms with E-state index < -0.39 is 0 Å². The summed E-state index contributed by atoms with van der Waals surface area (Å²) in [5, 5.41) is 2.94. The molecule has 0 spiro atoms. The molecule has 26 heavy (non-hydrogen) atoms. The molecular formula is C22H28N2O2. The number of aryl methyl sites for hydroxylation is 3. The van der Waals surface area contributed by atoms with Gasteiger partial charge in [0.05, 0.1) is 0 Å². The Morgan fingerprint density at radius 1 is 1.00 bits per heavy atom. The maximum Gasteiger partial charge on any atom is 0.223 e. The largest absolute Gasteiger partial charge is 0.356 e. The van der Waals surface area contributed by atoms with Gasteiger partial charge in [0.25, 0.3) is 0 Å². The first-order chi connectivity index (χ1) is 12.5. The summed E-state index contributed by atoms with van der Waals surface area (Å²) in [5.41, 5.74) is 4.35. The van der Waals surface area contributed by atoms with E-state index >= 15 is 0 Å². The summed E-state index contributed by atoms with van der Waals surface area (Å²) in [4.78, 5) is 25.8. The second-order valence-electron chi connectivity index (χ2n) is 6.71. The zero-order valence-corrected chi connectivity index (χ0v) is 15.9. The van der Waals surface area contributed by atoms with Crippen LogP contribution in [-0.4, -0.2) is 24.9 Å². The summed E-state index contributed by atoms with van der Waals surface area (Å²) in [7, 11) is 0. The maximum absolute atomic E-state index is 12.1. The molecule has 0 heterocycles. The molecule has 0 saturated carbocycles. The minimum absolute atomic E-state index is 0.0197. The van der Waals surface area contributed by atoms with Gasteiger partial charge in [0, 0.05) is 32.1 Å². The van der Waals surface area contributed by atoms with E-state index in [1.165, 1.54) is 12.5 Å². The van der Waals surface area contributed by atoms with Gasteiger partial charge in [-0.15, -0.1) is 0 Å². The van der Waals surface area contributed by atoms with Crippen LogP contribution >= 0.6 is 0 Å². The number of anilines is 1. The number of nitrogens with one attached hydrogen (secondary N) is 1. The molecule has 0 aliphatic rings. The van der Waals surface area contributed by atoms with Gasteiger partial charge in [0.15, 0.2) is 0 Å². The number of hydrogen-bond acceptors (Lipinski definition) is 2. The lowest BCUT2D eigenvalue weighted by Crippen LogP contribution is -2.34. The second kappa shape index (κ2) is 9.76. The van der Waals surface area contributed by atoms with Gasteiger partial charge in [-0.1, -0.05) is 36.4 Å². The molecule has 4 nitrogen and oxygen atoms in total. The van der Waals surface area contributed by atoms with Crippen LogP contribution in [0, 0.1) is 13.8 Å². The average Bonchev–Trinajstić information content (AvgIpc) is 2.59. The number of carbonyl (C=O) groups is 2. The van der Waals surface area contributed by atoms with Crippen LogP contribution in [0.25, 0.3) is 0 Å². The SMILES string of the molecule is CC(=O)N(CCC(=O)NCCCc1ccccc1)c1cc(C)cc(C)c1. The molecule has 2 aromatic rings. The first-order valence-electron chi connectivity index (χ1n) is 9.13. The van der Waals surface area contributed by atoms with Crippen LogP contribution in [0.1, 0.15) is 36.5 Å². The fourth-order valence-corrected chi connectivity index (χ4v) is 3.04. The fraction of sp³-hybridized carbons (Fsp3) is 0.364. The Bertz CT molecular complexity index is 721. The third-order valence-electron chi connectivity index (χ3n) is 4.27. The number of rotatable bonds is 8. The molecule has 2 rings (SSSR count). The second-order valence-corrected chi connectivity index (χ2v) is 6.71. The van der Waals surface area contributed by atoms with E-state index in [9.17, 15) is 9.59 Å². The Morgan fingerprint density at radius 3 is 2.27 bits per heavy atom. The normalized spacial score (nSPS) is 10.4. The number of carbonyl (C=O) groups excluding carboxylic acids is 2. The molecule has 0 aromatic heterocycles. The molecule has 0 unspecified atom stereocenters. The van der Waals surface area contributed by atoms with Gasteiger partial charge < -0.3 is 10.2 Å². The van der Waals surface area contributed by atoms with Crippen molar-refractivity contribution in [2.45, 2.75) is 40.0 Å². The van der Waals surface area contributed by atoms with Gasteiger partial charge in [-0.2, -0.15) is 0 Å². The van der Waals surface area contributed by atoms with Crippen molar-refractivity contribution in [2.75, 3.05) is 18.0 Å². The summed E-state index contributed by atoms with van der Waals surface area (Å²) in [6.07, 6.45) is 2.16. The predicted molar refractivity (Wildman–Crippen MR) is 106 cm³/mol. The zero-order valence-electron chi connectivity index (χ0n) is 15.9. The van der Waals surface area contributed by atoms with Gasteiger partial charge in [-0.3, -0.25) is 9.59 Å². The lowest BCUT2D eigenvalue weighted by molar-refractivity contribution is -0.121. The molecule has 0 atom stereocenters. The van der Waals surface area contributed by atoms with Crippen LogP contribution in [-0.2, 0) is 16.0 Å². The van der Waals surface area contributed by atoms with Gasteiger partial charge in [-0.05, 0) is 55.5 Å². The van der Waals surface area contributed by atoms with Gasteiger partial charge in [-0.25, -0.2) is 0 Å². The van der Waals surface area contributed by atoms with Crippen LogP contribution < -0.4 is 10.2 Å². The molecule has 4 heteroatoms. The van der Waals surface area contributed by atoms with Crippen LogP contribution in [0.3, 0.4) is 0 Å². The minimum Gasteiger partial charge on any atom is -0.356 e. The summed E-state index contributed by atoms with van der Waals surface area (Å²) in [5.74, 6) is -0.0689.